The maximum atomic E-state index is 6.27. The largest absolute Gasteiger partial charge is 0.491 e. The molecule has 3 aromatic carbocycles. The van der Waals surface area contributed by atoms with Crippen LogP contribution in [-0.4, -0.2) is 12.2 Å². The van der Waals surface area contributed by atoms with Crippen LogP contribution in [0.15, 0.2) is 103 Å². The van der Waals surface area contributed by atoms with Gasteiger partial charge in [0.2, 0.25) is 0 Å². The van der Waals surface area contributed by atoms with Crippen LogP contribution in [0.5, 0.6) is 0 Å². The summed E-state index contributed by atoms with van der Waals surface area (Å²) in [6.45, 7) is 3.07. The Morgan fingerprint density at radius 2 is 1.28 bits per heavy atom. The summed E-state index contributed by atoms with van der Waals surface area (Å²) < 4.78 is 18.8. The van der Waals surface area contributed by atoms with Crippen molar-refractivity contribution in [2.75, 3.05) is 0 Å². The molecule has 3 nitrogen and oxygen atoms in total. The number of hydrogen-bond acceptors (Lipinski definition) is 3. The molecule has 3 aromatic rings. The van der Waals surface area contributed by atoms with E-state index in [9.17, 15) is 0 Å². The van der Waals surface area contributed by atoms with Gasteiger partial charge in [0, 0.05) is 0 Å². The lowest BCUT2D eigenvalue weighted by molar-refractivity contribution is -0.110. The van der Waals surface area contributed by atoms with Crippen LogP contribution < -0.4 is 0 Å². The summed E-state index contributed by atoms with van der Waals surface area (Å²) in [5.74, 6) is 0.831. The Bertz CT molecular complexity index is 906. The first kappa shape index (κ1) is 19.4. The normalized spacial score (nSPS) is 21.4. The van der Waals surface area contributed by atoms with E-state index < -0.39 is 0 Å². The van der Waals surface area contributed by atoms with Crippen molar-refractivity contribution in [3.05, 3.63) is 120 Å². The average Bonchev–Trinajstić information content (AvgIpc) is 2.79. The minimum absolute atomic E-state index is 0.125. The predicted octanol–water partition coefficient (Wildman–Crippen LogP) is 5.83. The van der Waals surface area contributed by atoms with Crippen LogP contribution in [0.4, 0.5) is 0 Å². The molecule has 0 radical (unpaired) electrons. The van der Waals surface area contributed by atoms with E-state index in [1.807, 2.05) is 67.6 Å². The average molecular weight is 386 g/mol. The third-order valence-corrected chi connectivity index (χ3v) is 5.03. The zero-order valence-corrected chi connectivity index (χ0v) is 16.6. The summed E-state index contributed by atoms with van der Waals surface area (Å²) >= 11 is 0. The summed E-state index contributed by atoms with van der Waals surface area (Å²) in [7, 11) is 0. The third-order valence-electron chi connectivity index (χ3n) is 5.03. The van der Waals surface area contributed by atoms with Crippen LogP contribution in [-0.2, 0) is 27.4 Å². The molecular weight excluding hydrogens is 360 g/mol. The molecule has 1 aliphatic rings. The molecule has 0 spiro atoms. The van der Waals surface area contributed by atoms with Crippen molar-refractivity contribution in [1.82, 2.24) is 0 Å². The Hall–Kier alpha value is -2.88. The fraction of sp³-hybridized carbons (Fsp3) is 0.231. The topological polar surface area (TPSA) is 27.7 Å². The summed E-state index contributed by atoms with van der Waals surface area (Å²) in [4.78, 5) is 0. The van der Waals surface area contributed by atoms with Gasteiger partial charge in [0.05, 0.1) is 12.7 Å². The van der Waals surface area contributed by atoms with Crippen molar-refractivity contribution in [2.24, 2.45) is 0 Å². The second kappa shape index (κ2) is 9.55. The van der Waals surface area contributed by atoms with Gasteiger partial charge >= 0.3 is 0 Å². The molecule has 0 aromatic heterocycles. The van der Waals surface area contributed by atoms with Gasteiger partial charge in [-0.2, -0.15) is 0 Å². The molecule has 29 heavy (non-hydrogen) atoms. The second-order valence-corrected chi connectivity index (χ2v) is 7.23. The lowest BCUT2D eigenvalue weighted by Gasteiger charge is -2.34. The monoisotopic (exact) mass is 386 g/mol. The molecule has 1 heterocycles. The minimum atomic E-state index is -0.251. The Morgan fingerprint density at radius 3 is 1.90 bits per heavy atom. The molecule has 1 aliphatic heterocycles. The van der Waals surface area contributed by atoms with Crippen LogP contribution in [0.3, 0.4) is 0 Å². The highest BCUT2D eigenvalue weighted by Crippen LogP contribution is 2.33. The van der Waals surface area contributed by atoms with E-state index in [1.165, 1.54) is 0 Å². The smallest absolute Gasteiger partial charge is 0.140 e. The molecule has 0 saturated heterocycles. The molecule has 0 aliphatic carbocycles. The van der Waals surface area contributed by atoms with Crippen molar-refractivity contribution >= 4 is 0 Å². The quantitative estimate of drug-likeness (QED) is 0.511. The molecule has 0 amide bonds. The first-order valence-corrected chi connectivity index (χ1v) is 10.0. The van der Waals surface area contributed by atoms with Gasteiger partial charge in [0.1, 0.15) is 24.6 Å². The van der Waals surface area contributed by atoms with Gasteiger partial charge in [0.25, 0.3) is 0 Å². The highest BCUT2D eigenvalue weighted by atomic mass is 16.6. The molecule has 3 heteroatoms. The first-order chi connectivity index (χ1) is 14.3. The van der Waals surface area contributed by atoms with Crippen LogP contribution in [0, 0.1) is 0 Å². The van der Waals surface area contributed by atoms with Crippen molar-refractivity contribution < 1.29 is 14.2 Å². The third kappa shape index (κ3) is 5.14. The fourth-order valence-corrected chi connectivity index (χ4v) is 3.48. The highest BCUT2D eigenvalue weighted by Gasteiger charge is 2.33. The Morgan fingerprint density at radius 1 is 0.724 bits per heavy atom. The SMILES string of the molecule is C[C@H]1O[C@H](c2ccccc2)C=C(OCc2ccccc2)[C@@H]1OCc1ccccc1. The van der Waals surface area contributed by atoms with E-state index in [0.717, 1.165) is 22.4 Å². The molecule has 0 fully saturated rings. The van der Waals surface area contributed by atoms with Crippen LogP contribution in [0.25, 0.3) is 0 Å². The van der Waals surface area contributed by atoms with Gasteiger partial charge in [-0.1, -0.05) is 91.0 Å². The van der Waals surface area contributed by atoms with Gasteiger partial charge in [-0.25, -0.2) is 0 Å². The summed E-state index contributed by atoms with van der Waals surface area (Å²) in [5.41, 5.74) is 3.37. The van der Waals surface area contributed by atoms with Crippen LogP contribution in [0.1, 0.15) is 29.7 Å². The molecule has 0 bridgehead atoms. The zero-order valence-electron chi connectivity index (χ0n) is 16.6. The van der Waals surface area contributed by atoms with Gasteiger partial charge in [-0.05, 0) is 29.7 Å². The predicted molar refractivity (Wildman–Crippen MR) is 114 cm³/mol. The maximum absolute atomic E-state index is 6.27. The van der Waals surface area contributed by atoms with Crippen molar-refractivity contribution in [3.63, 3.8) is 0 Å². The van der Waals surface area contributed by atoms with Crippen molar-refractivity contribution in [3.8, 4) is 0 Å². The van der Waals surface area contributed by atoms with Gasteiger partial charge < -0.3 is 14.2 Å². The fourth-order valence-electron chi connectivity index (χ4n) is 3.48. The highest BCUT2D eigenvalue weighted by molar-refractivity contribution is 5.25. The number of ether oxygens (including phenoxy) is 3. The number of hydrogen-bond donors (Lipinski definition) is 0. The first-order valence-electron chi connectivity index (χ1n) is 10.0. The van der Waals surface area contributed by atoms with Gasteiger partial charge in [-0.3, -0.25) is 0 Å². The van der Waals surface area contributed by atoms with Crippen molar-refractivity contribution in [2.45, 2.75) is 38.4 Å². The van der Waals surface area contributed by atoms with E-state index in [0.29, 0.717) is 13.2 Å². The van der Waals surface area contributed by atoms with E-state index in [1.54, 1.807) is 0 Å². The Labute approximate surface area is 172 Å². The van der Waals surface area contributed by atoms with Crippen LogP contribution in [0.2, 0.25) is 0 Å². The molecule has 0 unspecified atom stereocenters. The number of benzene rings is 3. The Balaban J connectivity index is 1.54. The van der Waals surface area contributed by atoms with Crippen molar-refractivity contribution in [1.29, 1.82) is 0 Å². The molecule has 148 valence electrons. The zero-order chi connectivity index (χ0) is 19.9. The Kier molecular flexibility index (Phi) is 6.40. The molecule has 4 rings (SSSR count). The summed E-state index contributed by atoms with van der Waals surface area (Å²) in [5, 5.41) is 0. The van der Waals surface area contributed by atoms with Gasteiger partial charge in [-0.15, -0.1) is 0 Å². The van der Waals surface area contributed by atoms with E-state index in [2.05, 4.69) is 36.4 Å². The van der Waals surface area contributed by atoms with Gasteiger partial charge in [0.15, 0.2) is 0 Å². The molecule has 0 saturated carbocycles. The lowest BCUT2D eigenvalue weighted by Crippen LogP contribution is -2.36. The van der Waals surface area contributed by atoms with E-state index in [4.69, 9.17) is 14.2 Å². The number of rotatable bonds is 7. The van der Waals surface area contributed by atoms with Crippen LogP contribution >= 0.6 is 0 Å². The summed E-state index contributed by atoms with van der Waals surface area (Å²) in [6, 6.07) is 30.6. The lowest BCUT2D eigenvalue weighted by atomic mass is 10.0. The molecule has 0 N–H and O–H groups in total. The second-order valence-electron chi connectivity index (χ2n) is 7.23. The molecule has 3 atom stereocenters. The molecular formula is C26H26O3. The van der Waals surface area contributed by atoms with E-state index in [-0.39, 0.29) is 18.3 Å². The maximum Gasteiger partial charge on any atom is 0.140 e. The van der Waals surface area contributed by atoms with E-state index >= 15 is 0 Å². The standard InChI is InChI=1S/C26H26O3/c1-20-26(28-19-22-13-7-3-8-14-22)25(27-18-21-11-5-2-6-12-21)17-24(29-20)23-15-9-4-10-16-23/h2-17,20,24,26H,18-19H2,1H3/t20-,24+,26-/m1/s1. The minimum Gasteiger partial charge on any atom is -0.491 e. The summed E-state index contributed by atoms with van der Waals surface area (Å²) in [6.07, 6.45) is 1.53.